The summed E-state index contributed by atoms with van der Waals surface area (Å²) in [7, 11) is 0. The van der Waals surface area contributed by atoms with Gasteiger partial charge < -0.3 is 4.74 Å². The van der Waals surface area contributed by atoms with E-state index in [4.69, 9.17) is 4.74 Å². The van der Waals surface area contributed by atoms with Crippen LogP contribution in [-0.4, -0.2) is 0 Å². The van der Waals surface area contributed by atoms with Crippen molar-refractivity contribution in [2.24, 2.45) is 0 Å². The second kappa shape index (κ2) is 12.8. The van der Waals surface area contributed by atoms with Crippen molar-refractivity contribution in [1.29, 1.82) is 0 Å². The van der Waals surface area contributed by atoms with Crippen molar-refractivity contribution in [3.8, 4) is 44.5 Å². The summed E-state index contributed by atoms with van der Waals surface area (Å²) >= 11 is 7.04. The maximum Gasteiger partial charge on any atom is 0.0727 e. The monoisotopic (exact) mass is 658 g/mol. The molecule has 3 heteroatoms. The molecule has 0 bridgehead atoms. The summed E-state index contributed by atoms with van der Waals surface area (Å²) in [5.74, 6) is 0. The first-order valence-corrected chi connectivity index (χ1v) is 15.2. The fraction of sp³-hybridized carbons (Fsp3) is 0.0526. The Morgan fingerprint density at radius 1 is 0.341 bits per heavy atom. The topological polar surface area (TPSA) is 9.23 Å². The van der Waals surface area contributed by atoms with E-state index in [1.807, 2.05) is 0 Å². The van der Waals surface area contributed by atoms with Crippen LogP contribution in [0, 0.1) is 0 Å². The van der Waals surface area contributed by atoms with Crippen molar-refractivity contribution >= 4 is 31.9 Å². The largest absolute Gasteiger partial charge is 0.372 e. The predicted molar refractivity (Wildman–Crippen MR) is 179 cm³/mol. The van der Waals surface area contributed by atoms with Gasteiger partial charge in [0, 0.05) is 8.95 Å². The Hall–Kier alpha value is -3.76. The smallest absolute Gasteiger partial charge is 0.0727 e. The van der Waals surface area contributed by atoms with Crippen molar-refractivity contribution in [3.63, 3.8) is 0 Å². The summed E-state index contributed by atoms with van der Waals surface area (Å²) in [6.45, 7) is 1.09. The van der Waals surface area contributed by atoms with Crippen LogP contribution in [0.15, 0.2) is 155 Å². The van der Waals surface area contributed by atoms with Gasteiger partial charge >= 0.3 is 0 Å². The van der Waals surface area contributed by atoms with E-state index in [-0.39, 0.29) is 0 Å². The fourth-order valence-electron chi connectivity index (χ4n) is 5.10. The van der Waals surface area contributed by atoms with E-state index in [2.05, 4.69) is 177 Å². The van der Waals surface area contributed by atoms with Gasteiger partial charge in [0.25, 0.3) is 0 Å². The number of ether oxygens (including phenoxy) is 1. The Balaban J connectivity index is 1.16. The van der Waals surface area contributed by atoms with Crippen LogP contribution in [0.25, 0.3) is 44.5 Å². The van der Waals surface area contributed by atoms with E-state index in [1.54, 1.807) is 0 Å². The van der Waals surface area contributed by atoms with E-state index >= 15 is 0 Å². The maximum atomic E-state index is 6.33. The van der Waals surface area contributed by atoms with Gasteiger partial charge in [-0.15, -0.1) is 0 Å². The molecule has 6 aromatic rings. The minimum absolute atomic E-state index is 0.543. The SMILES string of the molecule is Brc1ccc(-c2ccc(-c3ccccc3COCc3ccccc3-c3ccc(-c4ccc(Br)cc4)cc3)cc2)cc1. The van der Waals surface area contributed by atoms with Crippen molar-refractivity contribution in [2.45, 2.75) is 13.2 Å². The van der Waals surface area contributed by atoms with E-state index in [0.29, 0.717) is 13.2 Å². The van der Waals surface area contributed by atoms with Crippen LogP contribution < -0.4 is 0 Å². The molecule has 0 amide bonds. The Morgan fingerprint density at radius 2 is 0.634 bits per heavy atom. The summed E-state index contributed by atoms with van der Waals surface area (Å²) in [6.07, 6.45) is 0. The molecule has 6 rings (SSSR count). The molecule has 0 saturated carbocycles. The Labute approximate surface area is 258 Å². The maximum absolute atomic E-state index is 6.33. The molecule has 0 unspecified atom stereocenters. The van der Waals surface area contributed by atoms with Crippen LogP contribution in [0.1, 0.15) is 11.1 Å². The lowest BCUT2D eigenvalue weighted by atomic mass is 9.97. The highest BCUT2D eigenvalue weighted by Crippen LogP contribution is 2.31. The molecular weight excluding hydrogens is 632 g/mol. The zero-order valence-electron chi connectivity index (χ0n) is 22.4. The first-order valence-electron chi connectivity index (χ1n) is 13.6. The van der Waals surface area contributed by atoms with Gasteiger partial charge in [0.1, 0.15) is 0 Å². The molecule has 0 saturated heterocycles. The van der Waals surface area contributed by atoms with E-state index < -0.39 is 0 Å². The third-order valence-electron chi connectivity index (χ3n) is 7.30. The van der Waals surface area contributed by atoms with E-state index in [9.17, 15) is 0 Å². The summed E-state index contributed by atoms with van der Waals surface area (Å²) in [5.41, 5.74) is 12.0. The van der Waals surface area contributed by atoms with Crippen molar-refractivity contribution in [1.82, 2.24) is 0 Å². The number of halogens is 2. The molecule has 0 radical (unpaired) electrons. The third-order valence-corrected chi connectivity index (χ3v) is 8.35. The van der Waals surface area contributed by atoms with Gasteiger partial charge in [-0.3, -0.25) is 0 Å². The van der Waals surface area contributed by atoms with Crippen LogP contribution in [0.5, 0.6) is 0 Å². The van der Waals surface area contributed by atoms with Gasteiger partial charge in [0.2, 0.25) is 0 Å². The minimum atomic E-state index is 0.543. The fourth-order valence-corrected chi connectivity index (χ4v) is 5.62. The van der Waals surface area contributed by atoms with Gasteiger partial charge in [0.05, 0.1) is 13.2 Å². The lowest BCUT2D eigenvalue weighted by Gasteiger charge is -2.14. The van der Waals surface area contributed by atoms with Crippen LogP contribution in [0.2, 0.25) is 0 Å². The lowest BCUT2D eigenvalue weighted by molar-refractivity contribution is 0.108. The molecule has 6 aromatic carbocycles. The summed E-state index contributed by atoms with van der Waals surface area (Å²) in [6, 6.07) is 51.4. The Bertz CT molecular complexity index is 1610. The molecule has 0 aromatic heterocycles. The zero-order valence-corrected chi connectivity index (χ0v) is 25.6. The molecule has 0 heterocycles. The minimum Gasteiger partial charge on any atom is -0.372 e. The molecule has 0 aliphatic rings. The van der Waals surface area contributed by atoms with Crippen LogP contribution >= 0.6 is 31.9 Å². The molecule has 0 aliphatic carbocycles. The summed E-state index contributed by atoms with van der Waals surface area (Å²) < 4.78 is 8.50. The molecule has 200 valence electrons. The first-order chi connectivity index (χ1) is 20.1. The molecule has 0 atom stereocenters. The third kappa shape index (κ3) is 6.60. The average Bonchev–Trinajstić information content (AvgIpc) is 3.03. The number of hydrogen-bond acceptors (Lipinski definition) is 1. The second-order valence-electron chi connectivity index (χ2n) is 9.98. The Morgan fingerprint density at radius 3 is 1.00 bits per heavy atom. The van der Waals surface area contributed by atoms with Gasteiger partial charge in [-0.05, 0) is 79.9 Å². The van der Waals surface area contributed by atoms with Crippen molar-refractivity contribution in [2.75, 3.05) is 0 Å². The van der Waals surface area contributed by atoms with Crippen LogP contribution in [0.3, 0.4) is 0 Å². The first kappa shape index (κ1) is 27.4. The second-order valence-corrected chi connectivity index (χ2v) is 11.8. The Kier molecular flexibility index (Phi) is 8.57. The molecule has 1 nitrogen and oxygen atoms in total. The highest BCUT2D eigenvalue weighted by atomic mass is 79.9. The van der Waals surface area contributed by atoms with Gasteiger partial charge in [-0.2, -0.15) is 0 Å². The molecular formula is C38H28Br2O. The number of hydrogen-bond donors (Lipinski definition) is 0. The highest BCUT2D eigenvalue weighted by Gasteiger charge is 2.09. The van der Waals surface area contributed by atoms with Gasteiger partial charge in [-0.1, -0.05) is 153 Å². The standard InChI is InChI=1S/C38H28Br2O/c39-35-21-17-29(18-22-35)27-9-13-31(14-10-27)37-7-3-1-5-33(37)25-41-26-34-6-2-4-8-38(34)32-15-11-28(12-16-32)30-19-23-36(40)24-20-30/h1-24H,25-26H2. The van der Waals surface area contributed by atoms with Crippen LogP contribution in [-0.2, 0) is 18.0 Å². The molecule has 41 heavy (non-hydrogen) atoms. The number of benzene rings is 6. The molecule has 0 aliphatic heterocycles. The zero-order chi connectivity index (χ0) is 28.0. The summed E-state index contributed by atoms with van der Waals surface area (Å²) in [4.78, 5) is 0. The lowest BCUT2D eigenvalue weighted by Crippen LogP contribution is -1.98. The molecule has 0 N–H and O–H groups in total. The predicted octanol–water partition coefficient (Wildman–Crippen LogP) is 11.6. The normalized spacial score (nSPS) is 11.0. The average molecular weight is 660 g/mol. The molecule has 0 spiro atoms. The van der Waals surface area contributed by atoms with E-state index in [1.165, 1.54) is 55.6 Å². The quantitative estimate of drug-likeness (QED) is 0.158. The van der Waals surface area contributed by atoms with Gasteiger partial charge in [0.15, 0.2) is 0 Å². The highest BCUT2D eigenvalue weighted by molar-refractivity contribution is 9.10. The summed E-state index contributed by atoms with van der Waals surface area (Å²) in [5, 5.41) is 0. The van der Waals surface area contributed by atoms with Crippen molar-refractivity contribution in [3.05, 3.63) is 166 Å². The van der Waals surface area contributed by atoms with Gasteiger partial charge in [-0.25, -0.2) is 0 Å². The van der Waals surface area contributed by atoms with E-state index in [0.717, 1.165) is 8.95 Å². The van der Waals surface area contributed by atoms with Crippen LogP contribution in [0.4, 0.5) is 0 Å². The molecule has 0 fully saturated rings. The number of rotatable bonds is 8. The van der Waals surface area contributed by atoms with Crippen molar-refractivity contribution < 1.29 is 4.74 Å².